The number of benzene rings is 1. The van der Waals surface area contributed by atoms with E-state index >= 15 is 0 Å². The SMILES string of the molecule is CCNc1ncc(S(=O)(=O)Nc2ccc(C#N)cc2)cn1. The van der Waals surface area contributed by atoms with Crippen molar-refractivity contribution in [1.82, 2.24) is 9.97 Å². The van der Waals surface area contributed by atoms with Crippen molar-refractivity contribution in [2.24, 2.45) is 0 Å². The van der Waals surface area contributed by atoms with Gasteiger partial charge >= 0.3 is 0 Å². The number of rotatable bonds is 5. The lowest BCUT2D eigenvalue weighted by atomic mass is 10.2. The van der Waals surface area contributed by atoms with Gasteiger partial charge < -0.3 is 5.32 Å². The smallest absolute Gasteiger partial charge is 0.264 e. The van der Waals surface area contributed by atoms with E-state index in [1.165, 1.54) is 36.7 Å². The van der Waals surface area contributed by atoms with Crippen molar-refractivity contribution in [3.8, 4) is 6.07 Å². The van der Waals surface area contributed by atoms with Crippen molar-refractivity contribution >= 4 is 21.7 Å². The lowest BCUT2D eigenvalue weighted by molar-refractivity contribution is 0.600. The molecule has 1 aromatic carbocycles. The number of sulfonamides is 1. The summed E-state index contributed by atoms with van der Waals surface area (Å²) < 4.78 is 26.7. The van der Waals surface area contributed by atoms with Crippen LogP contribution < -0.4 is 10.0 Å². The Kier molecular flexibility index (Phi) is 4.35. The van der Waals surface area contributed by atoms with E-state index in [0.29, 0.717) is 23.7 Å². The predicted molar refractivity (Wildman–Crippen MR) is 78.2 cm³/mol. The van der Waals surface area contributed by atoms with Gasteiger partial charge in [0.25, 0.3) is 10.0 Å². The van der Waals surface area contributed by atoms with Crippen LogP contribution in [0.15, 0.2) is 41.6 Å². The second-order valence-corrected chi connectivity index (χ2v) is 5.75. The molecule has 0 bridgehead atoms. The number of nitrogens with one attached hydrogen (secondary N) is 2. The Morgan fingerprint density at radius 2 is 1.81 bits per heavy atom. The molecule has 7 nitrogen and oxygen atoms in total. The Morgan fingerprint density at radius 1 is 1.19 bits per heavy atom. The number of hydrogen-bond donors (Lipinski definition) is 2. The third-order valence-corrected chi connectivity index (χ3v) is 3.88. The van der Waals surface area contributed by atoms with Crippen LogP contribution in [0.2, 0.25) is 0 Å². The van der Waals surface area contributed by atoms with Crippen LogP contribution in [0, 0.1) is 11.3 Å². The van der Waals surface area contributed by atoms with Gasteiger partial charge in [0, 0.05) is 12.2 Å². The highest BCUT2D eigenvalue weighted by Gasteiger charge is 2.15. The molecule has 0 amide bonds. The van der Waals surface area contributed by atoms with Crippen LogP contribution >= 0.6 is 0 Å². The van der Waals surface area contributed by atoms with Gasteiger partial charge in [-0.15, -0.1) is 0 Å². The van der Waals surface area contributed by atoms with E-state index in [0.717, 1.165) is 0 Å². The fraction of sp³-hybridized carbons (Fsp3) is 0.154. The molecule has 0 fully saturated rings. The van der Waals surface area contributed by atoms with Gasteiger partial charge in [0.1, 0.15) is 4.90 Å². The van der Waals surface area contributed by atoms with E-state index in [4.69, 9.17) is 5.26 Å². The van der Waals surface area contributed by atoms with E-state index in [2.05, 4.69) is 20.0 Å². The van der Waals surface area contributed by atoms with E-state index < -0.39 is 10.0 Å². The molecular weight excluding hydrogens is 290 g/mol. The Hall–Kier alpha value is -2.66. The maximum absolute atomic E-state index is 12.1. The van der Waals surface area contributed by atoms with Crippen LogP contribution in [0.4, 0.5) is 11.6 Å². The first kappa shape index (κ1) is 14.7. The Labute approximate surface area is 122 Å². The van der Waals surface area contributed by atoms with Crippen LogP contribution in [0.5, 0.6) is 0 Å². The fourth-order valence-electron chi connectivity index (χ4n) is 1.53. The maximum Gasteiger partial charge on any atom is 0.264 e. The summed E-state index contributed by atoms with van der Waals surface area (Å²) in [6.45, 7) is 2.54. The molecule has 1 aromatic heterocycles. The molecule has 2 rings (SSSR count). The van der Waals surface area contributed by atoms with Crippen LogP contribution in [0.1, 0.15) is 12.5 Å². The molecule has 2 N–H and O–H groups in total. The van der Waals surface area contributed by atoms with Crippen LogP contribution in [0.3, 0.4) is 0 Å². The third kappa shape index (κ3) is 3.67. The van der Waals surface area contributed by atoms with Gasteiger partial charge in [-0.05, 0) is 31.2 Å². The van der Waals surface area contributed by atoms with Crippen LogP contribution in [-0.4, -0.2) is 24.9 Å². The predicted octanol–water partition coefficient (Wildman–Crippen LogP) is 1.58. The fourth-order valence-corrected chi connectivity index (χ4v) is 2.48. The molecule has 108 valence electrons. The van der Waals surface area contributed by atoms with Crippen molar-refractivity contribution in [1.29, 1.82) is 5.26 Å². The summed E-state index contributed by atoms with van der Waals surface area (Å²) in [6, 6.07) is 8.06. The molecule has 2 aromatic rings. The van der Waals surface area contributed by atoms with Gasteiger partial charge in [0.05, 0.1) is 24.0 Å². The van der Waals surface area contributed by atoms with Crippen molar-refractivity contribution in [2.45, 2.75) is 11.8 Å². The summed E-state index contributed by atoms with van der Waals surface area (Å²) in [5.74, 6) is 0.370. The first-order valence-corrected chi connectivity index (χ1v) is 7.62. The standard InChI is InChI=1S/C13H13N5O2S/c1-2-15-13-16-8-12(9-17-13)21(19,20)18-11-5-3-10(7-14)4-6-11/h3-6,8-9,18H,2H2,1H3,(H,15,16,17). The number of aromatic nitrogens is 2. The Morgan fingerprint density at radius 3 is 2.33 bits per heavy atom. The Bertz CT molecular complexity index is 749. The number of nitriles is 1. The van der Waals surface area contributed by atoms with Crippen LogP contribution in [-0.2, 0) is 10.0 Å². The Balaban J connectivity index is 2.19. The maximum atomic E-state index is 12.1. The average molecular weight is 303 g/mol. The molecule has 0 spiro atoms. The summed E-state index contributed by atoms with van der Waals surface area (Å²) in [7, 11) is -3.75. The summed E-state index contributed by atoms with van der Waals surface area (Å²) >= 11 is 0. The van der Waals surface area contributed by atoms with Crippen molar-refractivity contribution in [3.05, 3.63) is 42.2 Å². The summed E-state index contributed by atoms with van der Waals surface area (Å²) in [5.41, 5.74) is 0.820. The molecule has 0 unspecified atom stereocenters. The number of nitrogens with zero attached hydrogens (tertiary/aromatic N) is 3. The minimum atomic E-state index is -3.75. The first-order chi connectivity index (χ1) is 10.0. The monoisotopic (exact) mass is 303 g/mol. The lowest BCUT2D eigenvalue weighted by Crippen LogP contribution is -2.14. The molecule has 0 saturated heterocycles. The van der Waals surface area contributed by atoms with E-state index in [9.17, 15) is 8.42 Å². The third-order valence-electron chi connectivity index (χ3n) is 2.54. The zero-order chi connectivity index (χ0) is 15.3. The molecule has 0 aliphatic carbocycles. The second kappa shape index (κ2) is 6.19. The van der Waals surface area contributed by atoms with E-state index in [1.807, 2.05) is 13.0 Å². The van der Waals surface area contributed by atoms with Crippen LogP contribution in [0.25, 0.3) is 0 Å². The molecule has 0 aliphatic rings. The van der Waals surface area contributed by atoms with Gasteiger partial charge in [-0.1, -0.05) is 0 Å². The molecule has 1 heterocycles. The van der Waals surface area contributed by atoms with Gasteiger partial charge in [0.15, 0.2) is 0 Å². The average Bonchev–Trinajstić information content (AvgIpc) is 2.48. The largest absolute Gasteiger partial charge is 0.355 e. The minimum Gasteiger partial charge on any atom is -0.355 e. The highest BCUT2D eigenvalue weighted by atomic mass is 32.2. The molecule has 0 aliphatic heterocycles. The molecular formula is C13H13N5O2S. The zero-order valence-corrected chi connectivity index (χ0v) is 12.1. The molecule has 0 radical (unpaired) electrons. The van der Waals surface area contributed by atoms with Gasteiger partial charge in [-0.2, -0.15) is 5.26 Å². The number of hydrogen-bond acceptors (Lipinski definition) is 6. The van der Waals surface area contributed by atoms with Gasteiger partial charge in [-0.25, -0.2) is 18.4 Å². The lowest BCUT2D eigenvalue weighted by Gasteiger charge is -2.08. The molecule has 0 atom stereocenters. The summed E-state index contributed by atoms with van der Waals surface area (Å²) in [6.07, 6.45) is 2.47. The van der Waals surface area contributed by atoms with Crippen molar-refractivity contribution < 1.29 is 8.42 Å². The van der Waals surface area contributed by atoms with Gasteiger partial charge in [0.2, 0.25) is 5.95 Å². The molecule has 8 heteroatoms. The summed E-state index contributed by atoms with van der Waals surface area (Å²) in [4.78, 5) is 7.80. The topological polar surface area (TPSA) is 108 Å². The quantitative estimate of drug-likeness (QED) is 0.868. The van der Waals surface area contributed by atoms with Crippen molar-refractivity contribution in [2.75, 3.05) is 16.6 Å². The number of anilines is 2. The zero-order valence-electron chi connectivity index (χ0n) is 11.2. The van der Waals surface area contributed by atoms with E-state index in [-0.39, 0.29) is 4.90 Å². The normalized spacial score (nSPS) is 10.7. The summed E-state index contributed by atoms with van der Waals surface area (Å²) in [5, 5.41) is 11.6. The minimum absolute atomic E-state index is 0.0338. The van der Waals surface area contributed by atoms with Crippen molar-refractivity contribution in [3.63, 3.8) is 0 Å². The second-order valence-electron chi connectivity index (χ2n) is 4.07. The first-order valence-electron chi connectivity index (χ1n) is 6.14. The van der Waals surface area contributed by atoms with Gasteiger partial charge in [-0.3, -0.25) is 4.72 Å². The molecule has 21 heavy (non-hydrogen) atoms. The molecule has 0 saturated carbocycles. The highest BCUT2D eigenvalue weighted by molar-refractivity contribution is 7.92. The highest BCUT2D eigenvalue weighted by Crippen LogP contribution is 2.15. The van der Waals surface area contributed by atoms with E-state index in [1.54, 1.807) is 0 Å².